The van der Waals surface area contributed by atoms with E-state index in [1.807, 2.05) is 6.92 Å². The molecule has 0 aliphatic rings. The highest BCUT2D eigenvalue weighted by atomic mass is 32.2. The maximum atomic E-state index is 12.7. The second kappa shape index (κ2) is 9.99. The highest BCUT2D eigenvalue weighted by Crippen LogP contribution is 2.21. The first-order valence-corrected chi connectivity index (χ1v) is 11.1. The normalized spacial score (nSPS) is 10.9. The summed E-state index contributed by atoms with van der Waals surface area (Å²) in [7, 11) is -2.23. The van der Waals surface area contributed by atoms with Gasteiger partial charge in [0.15, 0.2) is 0 Å². The van der Waals surface area contributed by atoms with E-state index in [1.165, 1.54) is 12.1 Å². The number of rotatable bonds is 9. The van der Waals surface area contributed by atoms with Crippen molar-refractivity contribution in [1.29, 1.82) is 0 Å². The molecule has 0 atom stereocenters. The van der Waals surface area contributed by atoms with Crippen LogP contribution in [0.1, 0.15) is 15.9 Å². The topological polar surface area (TPSA) is 93.7 Å². The Hall–Kier alpha value is -3.52. The molecule has 0 radical (unpaired) electrons. The summed E-state index contributed by atoms with van der Waals surface area (Å²) in [6.45, 7) is 2.39. The fourth-order valence-corrected chi connectivity index (χ4v) is 3.87. The zero-order valence-electron chi connectivity index (χ0n) is 17.3. The van der Waals surface area contributed by atoms with Crippen molar-refractivity contribution in [2.75, 3.05) is 25.0 Å². The lowest BCUT2D eigenvalue weighted by Gasteiger charge is -2.13. The smallest absolute Gasteiger partial charge is 0.261 e. The molecule has 8 heteroatoms. The molecule has 0 saturated carbocycles. The Morgan fingerprint density at radius 2 is 1.55 bits per heavy atom. The van der Waals surface area contributed by atoms with E-state index in [0.717, 1.165) is 11.3 Å². The molecule has 0 aliphatic heterocycles. The van der Waals surface area contributed by atoms with Crippen LogP contribution in [0.4, 0.5) is 5.69 Å². The number of carbonyl (C=O) groups is 1. The van der Waals surface area contributed by atoms with Crippen molar-refractivity contribution in [3.05, 3.63) is 83.9 Å². The summed E-state index contributed by atoms with van der Waals surface area (Å²) < 4.78 is 38.5. The molecule has 0 bridgehead atoms. The molecule has 1 amide bonds. The van der Waals surface area contributed by atoms with E-state index < -0.39 is 15.9 Å². The van der Waals surface area contributed by atoms with Crippen LogP contribution < -0.4 is 19.5 Å². The summed E-state index contributed by atoms with van der Waals surface area (Å²) in [5, 5.41) is 2.74. The van der Waals surface area contributed by atoms with Gasteiger partial charge in [0, 0.05) is 0 Å². The molecule has 3 rings (SSSR count). The Labute approximate surface area is 182 Å². The summed E-state index contributed by atoms with van der Waals surface area (Å²) in [4.78, 5) is 12.7. The van der Waals surface area contributed by atoms with Gasteiger partial charge in [-0.2, -0.15) is 0 Å². The molecule has 0 spiro atoms. The fraction of sp³-hybridized carbons (Fsp3) is 0.174. The minimum Gasteiger partial charge on any atom is -0.497 e. The zero-order chi connectivity index (χ0) is 22.3. The van der Waals surface area contributed by atoms with Gasteiger partial charge < -0.3 is 14.8 Å². The number of anilines is 1. The summed E-state index contributed by atoms with van der Waals surface area (Å²) in [5.41, 5.74) is 1.38. The monoisotopic (exact) mass is 440 g/mol. The van der Waals surface area contributed by atoms with E-state index in [9.17, 15) is 13.2 Å². The van der Waals surface area contributed by atoms with E-state index in [4.69, 9.17) is 9.47 Å². The molecule has 31 heavy (non-hydrogen) atoms. The van der Waals surface area contributed by atoms with Crippen LogP contribution in [-0.2, 0) is 10.0 Å². The molecule has 0 heterocycles. The molecule has 3 aromatic carbocycles. The first-order chi connectivity index (χ1) is 14.9. The molecule has 0 fully saturated rings. The third-order valence-electron chi connectivity index (χ3n) is 4.46. The predicted molar refractivity (Wildman–Crippen MR) is 119 cm³/mol. The summed E-state index contributed by atoms with van der Waals surface area (Å²) in [5.74, 6) is 0.979. The molecule has 0 saturated heterocycles. The van der Waals surface area contributed by atoms with Crippen molar-refractivity contribution >= 4 is 21.6 Å². The Morgan fingerprint density at radius 3 is 2.23 bits per heavy atom. The fourth-order valence-electron chi connectivity index (χ4n) is 2.79. The van der Waals surface area contributed by atoms with Gasteiger partial charge in [0.25, 0.3) is 15.9 Å². The molecule has 2 N–H and O–H groups in total. The van der Waals surface area contributed by atoms with Crippen molar-refractivity contribution in [2.24, 2.45) is 0 Å². The summed E-state index contributed by atoms with van der Waals surface area (Å²) in [6, 6.07) is 20.0. The number of carbonyl (C=O) groups excluding carboxylic acids is 1. The summed E-state index contributed by atoms with van der Waals surface area (Å²) >= 11 is 0. The number of amides is 1. The van der Waals surface area contributed by atoms with Gasteiger partial charge in [-0.15, -0.1) is 0 Å². The van der Waals surface area contributed by atoms with E-state index in [-0.39, 0.29) is 29.3 Å². The molecular formula is C23H24N2O5S. The predicted octanol–water partition coefficient (Wildman–Crippen LogP) is 3.61. The van der Waals surface area contributed by atoms with Crippen LogP contribution in [0.3, 0.4) is 0 Å². The first kappa shape index (κ1) is 22.2. The van der Waals surface area contributed by atoms with Crippen molar-refractivity contribution in [3.8, 4) is 11.5 Å². The average molecular weight is 441 g/mol. The first-order valence-electron chi connectivity index (χ1n) is 9.62. The number of methoxy groups -OCH3 is 1. The molecule has 0 unspecified atom stereocenters. The highest BCUT2D eigenvalue weighted by molar-refractivity contribution is 7.92. The quantitative estimate of drug-likeness (QED) is 0.496. The van der Waals surface area contributed by atoms with Crippen LogP contribution in [0, 0.1) is 6.92 Å². The molecular weight excluding hydrogens is 416 g/mol. The number of sulfonamides is 1. The van der Waals surface area contributed by atoms with E-state index in [1.54, 1.807) is 67.8 Å². The lowest BCUT2D eigenvalue weighted by atomic mass is 10.1. The SMILES string of the molecule is COc1ccc(OCCNC(=O)c2ccccc2NS(=O)(=O)c2ccc(C)cc2)cc1. The van der Waals surface area contributed by atoms with Crippen molar-refractivity contribution in [1.82, 2.24) is 5.32 Å². The Balaban J connectivity index is 1.61. The van der Waals surface area contributed by atoms with E-state index >= 15 is 0 Å². The van der Waals surface area contributed by atoms with Gasteiger partial charge in [0.2, 0.25) is 0 Å². The van der Waals surface area contributed by atoms with Gasteiger partial charge >= 0.3 is 0 Å². The van der Waals surface area contributed by atoms with Gasteiger partial charge in [-0.1, -0.05) is 29.8 Å². The third-order valence-corrected chi connectivity index (χ3v) is 5.84. The Kier molecular flexibility index (Phi) is 7.15. The van der Waals surface area contributed by atoms with Gasteiger partial charge in [0.1, 0.15) is 18.1 Å². The number of hydrogen-bond donors (Lipinski definition) is 2. The number of aryl methyl sites for hydroxylation is 1. The minimum absolute atomic E-state index is 0.126. The minimum atomic E-state index is -3.82. The molecule has 3 aromatic rings. The van der Waals surface area contributed by atoms with E-state index in [0.29, 0.717) is 5.75 Å². The standard InChI is InChI=1S/C23H24N2O5S/c1-17-7-13-20(14-8-17)31(27,28)25-22-6-4-3-5-21(22)23(26)24-15-16-30-19-11-9-18(29-2)10-12-19/h3-14,25H,15-16H2,1-2H3,(H,24,26). The van der Waals surface area contributed by atoms with Gasteiger partial charge in [0.05, 0.1) is 29.8 Å². The van der Waals surface area contributed by atoms with Crippen LogP contribution in [0.5, 0.6) is 11.5 Å². The Bertz CT molecular complexity index is 1130. The van der Waals surface area contributed by atoms with Crippen LogP contribution in [0.25, 0.3) is 0 Å². The van der Waals surface area contributed by atoms with Gasteiger partial charge in [-0.3, -0.25) is 9.52 Å². The van der Waals surface area contributed by atoms with Crippen LogP contribution in [-0.4, -0.2) is 34.6 Å². The molecule has 0 aliphatic carbocycles. The lowest BCUT2D eigenvalue weighted by molar-refractivity contribution is 0.0948. The number of para-hydroxylation sites is 1. The van der Waals surface area contributed by atoms with Crippen LogP contribution in [0.15, 0.2) is 77.7 Å². The molecule has 0 aromatic heterocycles. The highest BCUT2D eigenvalue weighted by Gasteiger charge is 2.18. The molecule has 162 valence electrons. The average Bonchev–Trinajstić information content (AvgIpc) is 2.77. The van der Waals surface area contributed by atoms with Crippen LogP contribution in [0.2, 0.25) is 0 Å². The largest absolute Gasteiger partial charge is 0.497 e. The van der Waals surface area contributed by atoms with E-state index in [2.05, 4.69) is 10.0 Å². The Morgan fingerprint density at radius 1 is 0.903 bits per heavy atom. The number of ether oxygens (including phenoxy) is 2. The number of hydrogen-bond acceptors (Lipinski definition) is 5. The third kappa shape index (κ3) is 5.99. The van der Waals surface area contributed by atoms with Gasteiger partial charge in [-0.25, -0.2) is 8.42 Å². The van der Waals surface area contributed by atoms with Crippen molar-refractivity contribution < 1.29 is 22.7 Å². The number of nitrogens with one attached hydrogen (secondary N) is 2. The van der Waals surface area contributed by atoms with Crippen LogP contribution >= 0.6 is 0 Å². The molecule has 7 nitrogen and oxygen atoms in total. The van der Waals surface area contributed by atoms with Crippen molar-refractivity contribution in [2.45, 2.75) is 11.8 Å². The zero-order valence-corrected chi connectivity index (χ0v) is 18.1. The lowest BCUT2D eigenvalue weighted by Crippen LogP contribution is -2.29. The second-order valence-electron chi connectivity index (χ2n) is 6.74. The maximum Gasteiger partial charge on any atom is 0.261 e. The van der Waals surface area contributed by atoms with Gasteiger partial charge in [-0.05, 0) is 55.5 Å². The van der Waals surface area contributed by atoms with Crippen molar-refractivity contribution in [3.63, 3.8) is 0 Å². The number of benzene rings is 3. The maximum absolute atomic E-state index is 12.7. The second-order valence-corrected chi connectivity index (χ2v) is 8.43. The summed E-state index contributed by atoms with van der Waals surface area (Å²) in [6.07, 6.45) is 0.